The summed E-state index contributed by atoms with van der Waals surface area (Å²) in [5.74, 6) is -0.0629. The van der Waals surface area contributed by atoms with Crippen LogP contribution in [0, 0.1) is 0 Å². The van der Waals surface area contributed by atoms with Crippen LogP contribution in [0.15, 0.2) is 22.0 Å². The van der Waals surface area contributed by atoms with Gasteiger partial charge in [0.1, 0.15) is 0 Å². The zero-order chi connectivity index (χ0) is 11.5. The first kappa shape index (κ1) is 12.5. The summed E-state index contributed by atoms with van der Waals surface area (Å²) in [6.07, 6.45) is 3.38. The Bertz CT molecular complexity index is 376. The number of halogens is 1. The van der Waals surface area contributed by atoms with Crippen molar-refractivity contribution in [1.29, 1.82) is 0 Å². The molecule has 0 aliphatic carbocycles. The number of amides is 1. The van der Waals surface area contributed by atoms with E-state index in [0.717, 1.165) is 8.66 Å². The van der Waals surface area contributed by atoms with Crippen molar-refractivity contribution in [3.8, 4) is 0 Å². The molecule has 1 amide bonds. The highest BCUT2D eigenvalue weighted by Crippen LogP contribution is 2.22. The SMILES string of the molecule is CC(C)(C)NC(=O)/C=C\c1ccc(Br)s1. The molecule has 0 aliphatic heterocycles. The first-order valence-corrected chi connectivity index (χ1v) is 6.23. The minimum atomic E-state index is -0.183. The monoisotopic (exact) mass is 287 g/mol. The molecule has 1 rings (SSSR count). The van der Waals surface area contributed by atoms with E-state index in [0.29, 0.717) is 0 Å². The zero-order valence-electron chi connectivity index (χ0n) is 9.00. The molecule has 0 unspecified atom stereocenters. The molecule has 0 aromatic carbocycles. The third-order valence-electron chi connectivity index (χ3n) is 1.49. The Hall–Kier alpha value is -0.610. The van der Waals surface area contributed by atoms with Crippen LogP contribution in [-0.4, -0.2) is 11.4 Å². The molecule has 4 heteroatoms. The van der Waals surface area contributed by atoms with E-state index in [1.807, 2.05) is 39.0 Å². The molecule has 1 aromatic rings. The van der Waals surface area contributed by atoms with Gasteiger partial charge in [-0.2, -0.15) is 0 Å². The summed E-state index contributed by atoms with van der Waals surface area (Å²) in [5, 5.41) is 2.86. The molecule has 2 nitrogen and oxygen atoms in total. The van der Waals surface area contributed by atoms with Crippen LogP contribution < -0.4 is 5.32 Å². The summed E-state index contributed by atoms with van der Waals surface area (Å²) < 4.78 is 1.07. The van der Waals surface area contributed by atoms with Gasteiger partial charge < -0.3 is 5.32 Å². The maximum atomic E-state index is 11.4. The predicted octanol–water partition coefficient (Wildman–Crippen LogP) is 3.44. The second-order valence-corrected chi connectivity index (χ2v) is 6.71. The van der Waals surface area contributed by atoms with Crippen molar-refractivity contribution < 1.29 is 4.79 Å². The normalized spacial score (nSPS) is 12.0. The summed E-state index contributed by atoms with van der Waals surface area (Å²) in [6, 6.07) is 3.93. The van der Waals surface area contributed by atoms with Crippen LogP contribution >= 0.6 is 27.3 Å². The smallest absolute Gasteiger partial charge is 0.244 e. The van der Waals surface area contributed by atoms with E-state index in [1.54, 1.807) is 17.4 Å². The molecule has 0 aliphatic rings. The van der Waals surface area contributed by atoms with E-state index in [9.17, 15) is 4.79 Å². The van der Waals surface area contributed by atoms with Crippen molar-refractivity contribution in [2.75, 3.05) is 0 Å². The van der Waals surface area contributed by atoms with Gasteiger partial charge in [-0.3, -0.25) is 4.79 Å². The van der Waals surface area contributed by atoms with Gasteiger partial charge in [-0.25, -0.2) is 0 Å². The third kappa shape index (κ3) is 5.14. The summed E-state index contributed by atoms with van der Waals surface area (Å²) in [7, 11) is 0. The fourth-order valence-corrected chi connectivity index (χ4v) is 2.31. The maximum Gasteiger partial charge on any atom is 0.244 e. The predicted molar refractivity (Wildman–Crippen MR) is 68.9 cm³/mol. The molecule has 1 heterocycles. The molecule has 0 saturated heterocycles. The Morgan fingerprint density at radius 1 is 1.47 bits per heavy atom. The molecule has 0 fully saturated rings. The van der Waals surface area contributed by atoms with Crippen LogP contribution in [0.25, 0.3) is 6.08 Å². The van der Waals surface area contributed by atoms with Gasteiger partial charge in [-0.1, -0.05) is 0 Å². The molecule has 15 heavy (non-hydrogen) atoms. The molecule has 1 aromatic heterocycles. The van der Waals surface area contributed by atoms with Crippen molar-refractivity contribution in [1.82, 2.24) is 5.32 Å². The number of carbonyl (C=O) groups is 1. The minimum absolute atomic E-state index is 0.0629. The molecule has 0 atom stereocenters. The van der Waals surface area contributed by atoms with E-state index >= 15 is 0 Å². The van der Waals surface area contributed by atoms with Crippen LogP contribution in [0.5, 0.6) is 0 Å². The van der Waals surface area contributed by atoms with E-state index in [4.69, 9.17) is 0 Å². The molecule has 0 spiro atoms. The van der Waals surface area contributed by atoms with Gasteiger partial charge in [0.25, 0.3) is 0 Å². The number of carbonyl (C=O) groups excluding carboxylic acids is 1. The Labute approximate surface area is 103 Å². The summed E-state index contributed by atoms with van der Waals surface area (Å²) in [4.78, 5) is 12.5. The van der Waals surface area contributed by atoms with Crippen LogP contribution in [0.1, 0.15) is 25.6 Å². The van der Waals surface area contributed by atoms with Gasteiger partial charge in [-0.05, 0) is 54.9 Å². The molecule has 0 saturated carbocycles. The fourth-order valence-electron chi connectivity index (χ4n) is 0.987. The number of rotatable bonds is 2. The second-order valence-electron chi connectivity index (χ2n) is 4.21. The van der Waals surface area contributed by atoms with Crippen LogP contribution in [0.4, 0.5) is 0 Å². The second kappa shape index (κ2) is 4.94. The summed E-state index contributed by atoms with van der Waals surface area (Å²) in [6.45, 7) is 5.88. The van der Waals surface area contributed by atoms with Gasteiger partial charge >= 0.3 is 0 Å². The van der Waals surface area contributed by atoms with Gasteiger partial charge in [-0.15, -0.1) is 11.3 Å². The van der Waals surface area contributed by atoms with Crippen LogP contribution in [0.2, 0.25) is 0 Å². The Morgan fingerprint density at radius 3 is 2.60 bits per heavy atom. The Morgan fingerprint density at radius 2 is 2.13 bits per heavy atom. The van der Waals surface area contributed by atoms with Gasteiger partial charge in [0.2, 0.25) is 5.91 Å². The average Bonchev–Trinajstić information content (AvgIpc) is 2.45. The number of thiophene rings is 1. The lowest BCUT2D eigenvalue weighted by Gasteiger charge is -2.18. The van der Waals surface area contributed by atoms with Crippen molar-refractivity contribution >= 4 is 39.2 Å². The molecular formula is C11H14BrNOS. The van der Waals surface area contributed by atoms with E-state index in [1.165, 1.54) is 0 Å². The standard InChI is InChI=1S/C11H14BrNOS/c1-11(2,3)13-10(14)7-5-8-4-6-9(12)15-8/h4-7H,1-3H3,(H,13,14)/b7-5-. The van der Waals surface area contributed by atoms with E-state index in [2.05, 4.69) is 21.2 Å². The molecule has 82 valence electrons. The van der Waals surface area contributed by atoms with Crippen molar-refractivity contribution in [2.45, 2.75) is 26.3 Å². The number of nitrogens with one attached hydrogen (secondary N) is 1. The Balaban J connectivity index is 2.55. The van der Waals surface area contributed by atoms with Crippen LogP contribution in [0.3, 0.4) is 0 Å². The molecule has 0 radical (unpaired) electrons. The lowest BCUT2D eigenvalue weighted by Crippen LogP contribution is -2.39. The van der Waals surface area contributed by atoms with Crippen molar-refractivity contribution in [3.05, 3.63) is 26.9 Å². The first-order chi connectivity index (χ1) is 6.87. The van der Waals surface area contributed by atoms with Gasteiger partial charge in [0.05, 0.1) is 3.79 Å². The summed E-state index contributed by atoms with van der Waals surface area (Å²) >= 11 is 4.97. The first-order valence-electron chi connectivity index (χ1n) is 4.62. The quantitative estimate of drug-likeness (QED) is 0.830. The van der Waals surface area contributed by atoms with E-state index in [-0.39, 0.29) is 11.4 Å². The summed E-state index contributed by atoms with van der Waals surface area (Å²) in [5.41, 5.74) is -0.183. The average molecular weight is 288 g/mol. The Kier molecular flexibility index (Phi) is 4.11. The minimum Gasteiger partial charge on any atom is -0.348 e. The molecule has 1 N–H and O–H groups in total. The van der Waals surface area contributed by atoms with Crippen molar-refractivity contribution in [3.63, 3.8) is 0 Å². The molecule has 0 bridgehead atoms. The highest BCUT2D eigenvalue weighted by atomic mass is 79.9. The third-order valence-corrected chi connectivity index (χ3v) is 3.08. The lowest BCUT2D eigenvalue weighted by atomic mass is 10.1. The largest absolute Gasteiger partial charge is 0.348 e. The topological polar surface area (TPSA) is 29.1 Å². The highest BCUT2D eigenvalue weighted by molar-refractivity contribution is 9.11. The number of hydrogen-bond donors (Lipinski definition) is 1. The molecular weight excluding hydrogens is 274 g/mol. The maximum absolute atomic E-state index is 11.4. The highest BCUT2D eigenvalue weighted by Gasteiger charge is 2.10. The van der Waals surface area contributed by atoms with Crippen LogP contribution in [-0.2, 0) is 4.79 Å². The van der Waals surface area contributed by atoms with Gasteiger partial charge in [0.15, 0.2) is 0 Å². The lowest BCUT2D eigenvalue weighted by molar-refractivity contribution is -0.117. The van der Waals surface area contributed by atoms with Crippen molar-refractivity contribution in [2.24, 2.45) is 0 Å². The zero-order valence-corrected chi connectivity index (χ0v) is 11.4. The van der Waals surface area contributed by atoms with E-state index < -0.39 is 0 Å². The fraction of sp³-hybridized carbons (Fsp3) is 0.364. The van der Waals surface area contributed by atoms with Gasteiger partial charge in [0, 0.05) is 16.5 Å². The number of hydrogen-bond acceptors (Lipinski definition) is 2.